The zero-order valence-corrected chi connectivity index (χ0v) is 17.8. The summed E-state index contributed by atoms with van der Waals surface area (Å²) in [6.45, 7) is 10.3. The smallest absolute Gasteiger partial charge is 0.287 e. The first-order chi connectivity index (χ1) is 13.7. The molecule has 156 valence electrons. The van der Waals surface area contributed by atoms with Crippen LogP contribution in [0.2, 0.25) is 0 Å². The van der Waals surface area contributed by atoms with Gasteiger partial charge in [-0.25, -0.2) is 4.98 Å². The van der Waals surface area contributed by atoms with Crippen molar-refractivity contribution in [2.24, 2.45) is 0 Å². The number of nitrogens with zero attached hydrogens (tertiary/aromatic N) is 2. The highest BCUT2D eigenvalue weighted by molar-refractivity contribution is 6.05. The van der Waals surface area contributed by atoms with Gasteiger partial charge in [0.05, 0.1) is 17.5 Å². The lowest BCUT2D eigenvalue weighted by molar-refractivity contribution is 0.0903. The second kappa shape index (κ2) is 8.27. The van der Waals surface area contributed by atoms with E-state index in [1.54, 1.807) is 6.07 Å². The normalized spacial score (nSPS) is 13.7. The molecule has 2 N–H and O–H groups in total. The number of benzene rings is 1. The number of para-hydroxylation sites is 2. The molecule has 0 fully saturated rings. The van der Waals surface area contributed by atoms with Crippen molar-refractivity contribution in [1.82, 2.24) is 14.9 Å². The fourth-order valence-corrected chi connectivity index (χ4v) is 3.40. The van der Waals surface area contributed by atoms with Crippen molar-refractivity contribution in [3.63, 3.8) is 0 Å². The van der Waals surface area contributed by atoms with Crippen LogP contribution in [0.3, 0.4) is 0 Å². The summed E-state index contributed by atoms with van der Waals surface area (Å²) < 4.78 is 7.67. The SMILES string of the molecule is CC(C)Oc1ccccc1NC(=O)c1nc(C(=O)NC(C)(C)C)n2c1CCCC2. The van der Waals surface area contributed by atoms with Gasteiger partial charge >= 0.3 is 0 Å². The van der Waals surface area contributed by atoms with Gasteiger partial charge in [-0.1, -0.05) is 12.1 Å². The van der Waals surface area contributed by atoms with Gasteiger partial charge in [0.1, 0.15) is 5.75 Å². The molecular formula is C22H30N4O3. The molecule has 0 atom stereocenters. The van der Waals surface area contributed by atoms with E-state index in [1.807, 2.05) is 57.4 Å². The van der Waals surface area contributed by atoms with Crippen molar-refractivity contribution in [3.8, 4) is 5.75 Å². The molecule has 1 aliphatic rings. The Bertz CT molecular complexity index is 909. The molecule has 2 heterocycles. The molecule has 7 heteroatoms. The van der Waals surface area contributed by atoms with E-state index in [9.17, 15) is 9.59 Å². The molecule has 29 heavy (non-hydrogen) atoms. The summed E-state index contributed by atoms with van der Waals surface area (Å²) in [7, 11) is 0. The van der Waals surface area contributed by atoms with Crippen molar-refractivity contribution >= 4 is 17.5 Å². The minimum Gasteiger partial charge on any atom is -0.489 e. The van der Waals surface area contributed by atoms with Crippen molar-refractivity contribution in [1.29, 1.82) is 0 Å². The molecule has 2 aromatic rings. The Kier molecular flexibility index (Phi) is 5.96. The highest BCUT2D eigenvalue weighted by atomic mass is 16.5. The number of hydrogen-bond donors (Lipinski definition) is 2. The highest BCUT2D eigenvalue weighted by Gasteiger charge is 2.29. The molecule has 7 nitrogen and oxygen atoms in total. The number of carbonyl (C=O) groups is 2. The Morgan fingerprint density at radius 1 is 1.14 bits per heavy atom. The van der Waals surface area contributed by atoms with Crippen LogP contribution in [0.25, 0.3) is 0 Å². The number of aromatic nitrogens is 2. The number of carbonyl (C=O) groups excluding carboxylic acids is 2. The van der Waals surface area contributed by atoms with E-state index in [4.69, 9.17) is 4.74 Å². The zero-order chi connectivity index (χ0) is 21.2. The second-order valence-corrected chi connectivity index (χ2v) is 8.66. The van der Waals surface area contributed by atoms with Crippen LogP contribution in [0.1, 0.15) is 74.3 Å². The lowest BCUT2D eigenvalue weighted by Gasteiger charge is -2.22. The van der Waals surface area contributed by atoms with Crippen molar-refractivity contribution in [3.05, 3.63) is 41.5 Å². The van der Waals surface area contributed by atoms with Gasteiger partial charge in [0.25, 0.3) is 11.8 Å². The molecule has 0 radical (unpaired) electrons. The molecule has 0 saturated carbocycles. The minimum atomic E-state index is -0.381. The molecule has 1 aromatic heterocycles. The number of ether oxygens (including phenoxy) is 1. The van der Waals surface area contributed by atoms with E-state index in [-0.39, 0.29) is 23.5 Å². The van der Waals surface area contributed by atoms with Gasteiger partial charge in [-0.2, -0.15) is 0 Å². The predicted molar refractivity (Wildman–Crippen MR) is 113 cm³/mol. The summed E-state index contributed by atoms with van der Waals surface area (Å²) in [5.74, 6) is 0.314. The average molecular weight is 399 g/mol. The van der Waals surface area contributed by atoms with Gasteiger partial charge in [-0.15, -0.1) is 0 Å². The van der Waals surface area contributed by atoms with Gasteiger partial charge < -0.3 is 19.9 Å². The van der Waals surface area contributed by atoms with Gasteiger partial charge in [-0.3, -0.25) is 9.59 Å². The average Bonchev–Trinajstić information content (AvgIpc) is 3.01. The zero-order valence-electron chi connectivity index (χ0n) is 17.8. The van der Waals surface area contributed by atoms with E-state index in [1.165, 1.54) is 0 Å². The van der Waals surface area contributed by atoms with E-state index in [2.05, 4.69) is 15.6 Å². The summed E-state index contributed by atoms with van der Waals surface area (Å²) in [6, 6.07) is 7.32. The van der Waals surface area contributed by atoms with Crippen LogP contribution in [-0.2, 0) is 13.0 Å². The largest absolute Gasteiger partial charge is 0.489 e. The third kappa shape index (κ3) is 4.96. The quantitative estimate of drug-likeness (QED) is 0.802. The van der Waals surface area contributed by atoms with Crippen molar-refractivity contribution in [2.45, 2.75) is 72.1 Å². The Balaban J connectivity index is 1.91. The van der Waals surface area contributed by atoms with E-state index in [0.717, 1.165) is 25.0 Å². The van der Waals surface area contributed by atoms with E-state index < -0.39 is 0 Å². The Morgan fingerprint density at radius 2 is 1.86 bits per heavy atom. The monoisotopic (exact) mass is 398 g/mol. The number of amides is 2. The number of rotatable bonds is 5. The fourth-order valence-electron chi connectivity index (χ4n) is 3.40. The predicted octanol–water partition coefficient (Wildman–Crippen LogP) is 3.79. The maximum absolute atomic E-state index is 13.1. The first-order valence-electron chi connectivity index (χ1n) is 10.1. The minimum absolute atomic E-state index is 0.0129. The Hall–Kier alpha value is -2.83. The lowest BCUT2D eigenvalue weighted by Crippen LogP contribution is -2.42. The first-order valence-corrected chi connectivity index (χ1v) is 10.1. The summed E-state index contributed by atoms with van der Waals surface area (Å²) >= 11 is 0. The number of hydrogen-bond acceptors (Lipinski definition) is 4. The van der Waals surface area contributed by atoms with Crippen LogP contribution < -0.4 is 15.4 Å². The fraction of sp³-hybridized carbons (Fsp3) is 0.500. The summed E-state index contributed by atoms with van der Waals surface area (Å²) in [5.41, 5.74) is 1.33. The topological polar surface area (TPSA) is 85.2 Å². The van der Waals surface area contributed by atoms with Crippen molar-refractivity contribution in [2.75, 3.05) is 5.32 Å². The van der Waals surface area contributed by atoms with Crippen LogP contribution in [0.15, 0.2) is 24.3 Å². The Morgan fingerprint density at radius 3 is 2.55 bits per heavy atom. The van der Waals surface area contributed by atoms with E-state index in [0.29, 0.717) is 29.5 Å². The molecule has 0 spiro atoms. The molecule has 2 amide bonds. The highest BCUT2D eigenvalue weighted by Crippen LogP contribution is 2.27. The van der Waals surface area contributed by atoms with Crippen LogP contribution >= 0.6 is 0 Å². The molecule has 0 unspecified atom stereocenters. The van der Waals surface area contributed by atoms with E-state index >= 15 is 0 Å². The van der Waals surface area contributed by atoms with Crippen LogP contribution in [-0.4, -0.2) is 33.0 Å². The number of fused-ring (bicyclic) bond motifs is 1. The lowest BCUT2D eigenvalue weighted by atomic mass is 10.1. The molecule has 3 rings (SSSR count). The summed E-state index contributed by atoms with van der Waals surface area (Å²) in [4.78, 5) is 30.3. The molecular weight excluding hydrogens is 368 g/mol. The first kappa shape index (κ1) is 20.9. The van der Waals surface area contributed by atoms with Gasteiger partial charge in [-0.05, 0) is 66.0 Å². The summed E-state index contributed by atoms with van der Waals surface area (Å²) in [5, 5.41) is 5.86. The number of anilines is 1. The number of nitrogens with one attached hydrogen (secondary N) is 2. The molecule has 1 aromatic carbocycles. The second-order valence-electron chi connectivity index (χ2n) is 8.66. The molecule has 0 aliphatic carbocycles. The van der Waals surface area contributed by atoms with Crippen LogP contribution in [0.5, 0.6) is 5.75 Å². The molecule has 1 aliphatic heterocycles. The third-order valence-electron chi connectivity index (χ3n) is 4.52. The standard InChI is InChI=1S/C22H30N4O3/c1-14(2)29-17-12-7-6-10-15(17)23-20(27)18-16-11-8-9-13-26(16)19(24-18)21(28)25-22(3,4)5/h6-7,10,12,14H,8-9,11,13H2,1-5H3,(H,23,27)(H,25,28). The Labute approximate surface area is 171 Å². The molecule has 0 bridgehead atoms. The maximum atomic E-state index is 13.1. The van der Waals surface area contributed by atoms with Crippen LogP contribution in [0.4, 0.5) is 5.69 Å². The maximum Gasteiger partial charge on any atom is 0.287 e. The van der Waals surface area contributed by atoms with Crippen molar-refractivity contribution < 1.29 is 14.3 Å². The van der Waals surface area contributed by atoms with Gasteiger partial charge in [0.15, 0.2) is 11.5 Å². The van der Waals surface area contributed by atoms with Gasteiger partial charge in [0.2, 0.25) is 0 Å². The molecule has 0 saturated heterocycles. The summed E-state index contributed by atoms with van der Waals surface area (Å²) in [6.07, 6.45) is 2.65. The van der Waals surface area contributed by atoms with Crippen LogP contribution in [0, 0.1) is 0 Å². The number of imidazole rings is 1. The third-order valence-corrected chi connectivity index (χ3v) is 4.52. The van der Waals surface area contributed by atoms with Gasteiger partial charge in [0, 0.05) is 12.1 Å².